The fraction of sp³-hybridized carbons (Fsp3) is 0.286. The number of amides is 1. The van der Waals surface area contributed by atoms with Crippen molar-refractivity contribution >= 4 is 15.9 Å². The van der Waals surface area contributed by atoms with Crippen LogP contribution in [0.2, 0.25) is 0 Å². The molecule has 0 saturated heterocycles. The number of nitrogens with one attached hydrogen (secondary N) is 2. The molecule has 0 fully saturated rings. The minimum absolute atomic E-state index is 0.0116. The first kappa shape index (κ1) is 16.4. The molecule has 2 heterocycles. The summed E-state index contributed by atoms with van der Waals surface area (Å²) in [5, 5.41) is -0.0551. The molecule has 1 amide bonds. The highest BCUT2D eigenvalue weighted by molar-refractivity contribution is 7.89. The number of sulfonamides is 1. The van der Waals surface area contributed by atoms with Crippen molar-refractivity contribution in [2.24, 2.45) is 0 Å². The quantitative estimate of drug-likeness (QED) is 0.801. The van der Waals surface area contributed by atoms with Crippen LogP contribution in [-0.4, -0.2) is 48.9 Å². The first-order chi connectivity index (χ1) is 11.5. The molecule has 24 heavy (non-hydrogen) atoms. The summed E-state index contributed by atoms with van der Waals surface area (Å²) in [5.41, 5.74) is 0.539. The van der Waals surface area contributed by atoms with Crippen LogP contribution in [0.1, 0.15) is 5.56 Å². The number of hydrogen-bond donors (Lipinski definition) is 2. The molecule has 1 aliphatic rings. The van der Waals surface area contributed by atoms with E-state index in [1.165, 1.54) is 35.6 Å². The number of benzene rings is 1. The summed E-state index contributed by atoms with van der Waals surface area (Å²) < 4.78 is 45.0. The lowest BCUT2D eigenvalue weighted by Crippen LogP contribution is -2.39. The third kappa shape index (κ3) is 3.54. The lowest BCUT2D eigenvalue weighted by atomic mass is 10.2. The second-order valence-electron chi connectivity index (χ2n) is 5.17. The Morgan fingerprint density at radius 3 is 3.00 bits per heavy atom. The number of imidazole rings is 1. The maximum Gasteiger partial charge on any atom is 0.260 e. The van der Waals surface area contributed by atoms with Gasteiger partial charge in [0.05, 0.1) is 12.5 Å². The minimum atomic E-state index is -3.71. The number of H-pyrrole nitrogens is 1. The van der Waals surface area contributed by atoms with Gasteiger partial charge in [-0.2, -0.15) is 0 Å². The Bertz CT molecular complexity index is 838. The largest absolute Gasteiger partial charge is 0.483 e. The van der Waals surface area contributed by atoms with Gasteiger partial charge in [0.2, 0.25) is 0 Å². The Kier molecular flexibility index (Phi) is 4.49. The second-order valence-corrected chi connectivity index (χ2v) is 6.91. The average molecular weight is 354 g/mol. The smallest absolute Gasteiger partial charge is 0.260 e. The number of ether oxygens (including phenoxy) is 1. The van der Waals surface area contributed by atoms with Gasteiger partial charge in [-0.25, -0.2) is 22.5 Å². The lowest BCUT2D eigenvalue weighted by Gasteiger charge is -2.20. The normalized spacial score (nSPS) is 14.9. The van der Waals surface area contributed by atoms with Crippen LogP contribution in [0.5, 0.6) is 5.75 Å². The van der Waals surface area contributed by atoms with Crippen LogP contribution in [0.15, 0.2) is 35.7 Å². The predicted octanol–water partition coefficient (Wildman–Crippen LogP) is 0.248. The highest BCUT2D eigenvalue weighted by Gasteiger charge is 2.22. The van der Waals surface area contributed by atoms with E-state index in [-0.39, 0.29) is 37.2 Å². The monoisotopic (exact) mass is 354 g/mol. The second kappa shape index (κ2) is 6.57. The lowest BCUT2D eigenvalue weighted by molar-refractivity contribution is -0.133. The molecule has 0 radical (unpaired) electrons. The molecule has 0 atom stereocenters. The number of hydrogen-bond acceptors (Lipinski definition) is 5. The van der Waals surface area contributed by atoms with Crippen molar-refractivity contribution in [2.45, 2.75) is 11.6 Å². The molecule has 128 valence electrons. The van der Waals surface area contributed by atoms with Gasteiger partial charge in [-0.15, -0.1) is 0 Å². The van der Waals surface area contributed by atoms with E-state index in [1.807, 2.05) is 0 Å². The van der Waals surface area contributed by atoms with E-state index in [0.717, 1.165) is 0 Å². The zero-order valence-corrected chi connectivity index (χ0v) is 13.3. The van der Waals surface area contributed by atoms with E-state index in [0.29, 0.717) is 11.3 Å². The molecule has 3 rings (SSSR count). The molecule has 0 spiro atoms. The van der Waals surface area contributed by atoms with Crippen LogP contribution < -0.4 is 9.46 Å². The highest BCUT2D eigenvalue weighted by Crippen LogP contribution is 2.24. The summed E-state index contributed by atoms with van der Waals surface area (Å²) in [6, 6.07) is 4.04. The molecule has 0 aliphatic carbocycles. The van der Waals surface area contributed by atoms with E-state index in [1.54, 1.807) is 0 Å². The van der Waals surface area contributed by atoms with E-state index >= 15 is 0 Å². The Labute approximate surface area is 137 Å². The molecule has 1 aromatic heterocycles. The van der Waals surface area contributed by atoms with Crippen molar-refractivity contribution in [3.05, 3.63) is 42.1 Å². The fourth-order valence-corrected chi connectivity index (χ4v) is 3.25. The van der Waals surface area contributed by atoms with E-state index in [9.17, 15) is 17.6 Å². The van der Waals surface area contributed by atoms with Crippen LogP contribution in [-0.2, 0) is 21.4 Å². The van der Waals surface area contributed by atoms with Gasteiger partial charge in [-0.1, -0.05) is 0 Å². The Morgan fingerprint density at radius 2 is 2.25 bits per heavy atom. The van der Waals surface area contributed by atoms with Gasteiger partial charge < -0.3 is 14.6 Å². The number of fused-ring (bicyclic) bond motifs is 1. The number of aromatic nitrogens is 2. The van der Waals surface area contributed by atoms with Crippen LogP contribution in [0.4, 0.5) is 4.39 Å². The van der Waals surface area contributed by atoms with Gasteiger partial charge in [0.1, 0.15) is 11.6 Å². The zero-order valence-electron chi connectivity index (χ0n) is 12.5. The Balaban J connectivity index is 1.65. The third-order valence-electron chi connectivity index (χ3n) is 3.52. The van der Waals surface area contributed by atoms with Crippen molar-refractivity contribution in [1.29, 1.82) is 0 Å². The molecule has 0 unspecified atom stereocenters. The molecule has 8 nitrogen and oxygen atoms in total. The van der Waals surface area contributed by atoms with E-state index in [4.69, 9.17) is 4.74 Å². The number of nitrogens with zero attached hydrogens (tertiary/aromatic N) is 2. The number of carbonyl (C=O) groups is 1. The summed E-state index contributed by atoms with van der Waals surface area (Å²) in [6.45, 7) is 0.118. The van der Waals surface area contributed by atoms with Gasteiger partial charge in [0.15, 0.2) is 11.6 Å². The molecule has 1 aliphatic heterocycles. The van der Waals surface area contributed by atoms with Crippen LogP contribution in [0, 0.1) is 5.82 Å². The van der Waals surface area contributed by atoms with Crippen molar-refractivity contribution < 1.29 is 22.3 Å². The van der Waals surface area contributed by atoms with Gasteiger partial charge in [0, 0.05) is 25.2 Å². The first-order valence-electron chi connectivity index (χ1n) is 7.13. The molecule has 10 heteroatoms. The average Bonchev–Trinajstić information content (AvgIpc) is 3.03. The summed E-state index contributed by atoms with van der Waals surface area (Å²) in [7, 11) is -3.71. The van der Waals surface area contributed by atoms with Crippen molar-refractivity contribution in [1.82, 2.24) is 19.6 Å². The zero-order chi connectivity index (χ0) is 17.2. The van der Waals surface area contributed by atoms with Crippen molar-refractivity contribution in [3.8, 4) is 5.75 Å². The molecular formula is C14H15FN4O4S. The predicted molar refractivity (Wildman–Crippen MR) is 81.1 cm³/mol. The molecule has 0 bridgehead atoms. The molecule has 1 aromatic carbocycles. The molecule has 0 saturated carbocycles. The first-order valence-corrected chi connectivity index (χ1v) is 8.61. The summed E-state index contributed by atoms with van der Waals surface area (Å²) in [4.78, 5) is 19.6. The van der Waals surface area contributed by atoms with Crippen LogP contribution in [0.25, 0.3) is 0 Å². The van der Waals surface area contributed by atoms with Gasteiger partial charge in [-0.3, -0.25) is 4.79 Å². The van der Waals surface area contributed by atoms with E-state index < -0.39 is 15.8 Å². The number of carbonyl (C=O) groups excluding carboxylic acids is 1. The SMILES string of the molecule is O=C1COc2ccc(F)cc2CN1CCNS(=O)(=O)c1cnc[nH]1. The third-order valence-corrected chi connectivity index (χ3v) is 4.91. The number of halogens is 1. The van der Waals surface area contributed by atoms with Crippen molar-refractivity contribution in [3.63, 3.8) is 0 Å². The van der Waals surface area contributed by atoms with E-state index in [2.05, 4.69) is 14.7 Å². The van der Waals surface area contributed by atoms with Gasteiger partial charge >= 0.3 is 0 Å². The summed E-state index contributed by atoms with van der Waals surface area (Å²) in [5.74, 6) is -0.274. The topological polar surface area (TPSA) is 104 Å². The van der Waals surface area contributed by atoms with Crippen LogP contribution >= 0.6 is 0 Å². The van der Waals surface area contributed by atoms with Gasteiger partial charge in [0.25, 0.3) is 15.9 Å². The molecule has 2 N–H and O–H groups in total. The highest BCUT2D eigenvalue weighted by atomic mass is 32.2. The maximum absolute atomic E-state index is 13.4. The standard InChI is InChI=1S/C14H15FN4O4S/c15-11-1-2-12-10(5-11)7-19(14(20)8-23-12)4-3-18-24(21,22)13-6-16-9-17-13/h1-2,5-6,9,18H,3-4,7-8H2,(H,16,17). The Hall–Kier alpha value is -2.46. The maximum atomic E-state index is 13.4. The van der Waals surface area contributed by atoms with Crippen molar-refractivity contribution in [2.75, 3.05) is 19.7 Å². The van der Waals surface area contributed by atoms with Gasteiger partial charge in [-0.05, 0) is 18.2 Å². The summed E-state index contributed by atoms with van der Waals surface area (Å²) in [6.07, 6.45) is 2.45. The Morgan fingerprint density at radius 1 is 1.42 bits per heavy atom. The number of aromatic amines is 1. The molecular weight excluding hydrogens is 339 g/mol. The minimum Gasteiger partial charge on any atom is -0.483 e. The number of rotatable bonds is 5. The fourth-order valence-electron chi connectivity index (χ4n) is 2.32. The molecule has 2 aromatic rings. The van der Waals surface area contributed by atoms with Crippen LogP contribution in [0.3, 0.4) is 0 Å². The summed E-state index contributed by atoms with van der Waals surface area (Å²) >= 11 is 0.